The van der Waals surface area contributed by atoms with E-state index in [2.05, 4.69) is 11.5 Å². The van der Waals surface area contributed by atoms with Crippen LogP contribution in [0.3, 0.4) is 0 Å². The molecule has 3 nitrogen and oxygen atoms in total. The molecule has 0 saturated heterocycles. The van der Waals surface area contributed by atoms with Crippen molar-refractivity contribution < 1.29 is 9.47 Å². The van der Waals surface area contributed by atoms with Crippen LogP contribution in [0.2, 0.25) is 0 Å². The summed E-state index contributed by atoms with van der Waals surface area (Å²) in [5.41, 5.74) is 1.09. The maximum Gasteiger partial charge on any atom is 0.0637 e. The van der Waals surface area contributed by atoms with E-state index in [9.17, 15) is 0 Å². The van der Waals surface area contributed by atoms with Gasteiger partial charge in [0, 0.05) is 39.9 Å². The summed E-state index contributed by atoms with van der Waals surface area (Å²) in [5.74, 6) is 0. The van der Waals surface area contributed by atoms with E-state index in [4.69, 9.17) is 9.47 Å². The van der Waals surface area contributed by atoms with E-state index in [-0.39, 0.29) is 0 Å². The first-order valence-corrected chi connectivity index (χ1v) is 4.09. The summed E-state index contributed by atoms with van der Waals surface area (Å²) in [6.07, 6.45) is 0.886. The Morgan fingerprint density at radius 1 is 1.25 bits per heavy atom. The van der Waals surface area contributed by atoms with Gasteiger partial charge in [-0.15, -0.1) is 0 Å². The molecule has 3 heteroatoms. The molecule has 0 N–H and O–H groups in total. The predicted molar refractivity (Wildman–Crippen MR) is 50.1 cm³/mol. The quantitative estimate of drug-likeness (QED) is 0.575. The van der Waals surface area contributed by atoms with E-state index in [1.165, 1.54) is 0 Å². The molecule has 0 radical (unpaired) electrons. The van der Waals surface area contributed by atoms with Crippen LogP contribution in [-0.4, -0.2) is 45.9 Å². The lowest BCUT2D eigenvalue weighted by Gasteiger charge is -2.20. The Hall–Kier alpha value is -0.540. The van der Waals surface area contributed by atoms with Crippen molar-refractivity contribution in [2.75, 3.05) is 41.0 Å². The first-order valence-electron chi connectivity index (χ1n) is 4.09. The van der Waals surface area contributed by atoms with Gasteiger partial charge in [0.1, 0.15) is 0 Å². The van der Waals surface area contributed by atoms with Crippen LogP contribution in [0, 0.1) is 0 Å². The van der Waals surface area contributed by atoms with Gasteiger partial charge in [-0.25, -0.2) is 0 Å². The molecule has 0 aliphatic carbocycles. The molecule has 0 aliphatic rings. The van der Waals surface area contributed by atoms with Crippen molar-refractivity contribution in [3.8, 4) is 0 Å². The van der Waals surface area contributed by atoms with Crippen LogP contribution < -0.4 is 0 Å². The van der Waals surface area contributed by atoms with E-state index in [1.807, 2.05) is 7.05 Å². The Morgan fingerprint density at radius 3 is 2.33 bits per heavy atom. The third-order valence-electron chi connectivity index (χ3n) is 1.77. The van der Waals surface area contributed by atoms with E-state index in [0.29, 0.717) is 0 Å². The van der Waals surface area contributed by atoms with Crippen molar-refractivity contribution >= 4 is 0 Å². The Morgan fingerprint density at radius 2 is 1.83 bits per heavy atom. The smallest absolute Gasteiger partial charge is 0.0637 e. The molecule has 0 spiro atoms. The standard InChI is InChI=1S/C9H19NO2/c1-9(5-7-11-3)10(2)6-8-12-4/h1,5-8H2,2-4H3. The van der Waals surface area contributed by atoms with Gasteiger partial charge in [-0.1, -0.05) is 6.58 Å². The van der Waals surface area contributed by atoms with Crippen molar-refractivity contribution in [2.24, 2.45) is 0 Å². The van der Waals surface area contributed by atoms with E-state index >= 15 is 0 Å². The van der Waals surface area contributed by atoms with Crippen molar-refractivity contribution in [3.63, 3.8) is 0 Å². The first kappa shape index (κ1) is 11.5. The second kappa shape index (κ2) is 7.13. The second-order valence-electron chi connectivity index (χ2n) is 2.72. The van der Waals surface area contributed by atoms with Gasteiger partial charge < -0.3 is 14.4 Å². The maximum absolute atomic E-state index is 4.95. The molecule has 72 valence electrons. The minimum Gasteiger partial charge on any atom is -0.384 e. The Bertz CT molecular complexity index is 126. The lowest BCUT2D eigenvalue weighted by molar-refractivity contribution is 0.164. The van der Waals surface area contributed by atoms with Crippen LogP contribution in [0.1, 0.15) is 6.42 Å². The predicted octanol–water partition coefficient (Wildman–Crippen LogP) is 1.11. The van der Waals surface area contributed by atoms with Crippen LogP contribution in [0.4, 0.5) is 0 Å². The van der Waals surface area contributed by atoms with Gasteiger partial charge in [0.15, 0.2) is 0 Å². The zero-order valence-electron chi connectivity index (χ0n) is 8.30. The molecule has 0 bridgehead atoms. The molecule has 0 atom stereocenters. The summed E-state index contributed by atoms with van der Waals surface area (Å²) < 4.78 is 9.90. The molecule has 0 rings (SSSR count). The third kappa shape index (κ3) is 5.16. The molecule has 0 aromatic carbocycles. The highest BCUT2D eigenvalue weighted by atomic mass is 16.5. The Balaban J connectivity index is 3.47. The summed E-state index contributed by atoms with van der Waals surface area (Å²) in [6, 6.07) is 0. The van der Waals surface area contributed by atoms with Crippen molar-refractivity contribution in [2.45, 2.75) is 6.42 Å². The zero-order chi connectivity index (χ0) is 9.40. The van der Waals surface area contributed by atoms with Crippen LogP contribution in [0.15, 0.2) is 12.3 Å². The molecule has 12 heavy (non-hydrogen) atoms. The molecule has 0 aliphatic heterocycles. The molecular formula is C9H19NO2. The number of methoxy groups -OCH3 is 2. The van der Waals surface area contributed by atoms with Gasteiger partial charge in [0.25, 0.3) is 0 Å². The van der Waals surface area contributed by atoms with Gasteiger partial charge >= 0.3 is 0 Å². The molecule has 0 fully saturated rings. The van der Waals surface area contributed by atoms with Crippen LogP contribution in [0.5, 0.6) is 0 Å². The molecule has 0 aromatic rings. The Kier molecular flexibility index (Phi) is 6.81. The molecule has 0 saturated carbocycles. The van der Waals surface area contributed by atoms with Crippen LogP contribution in [-0.2, 0) is 9.47 Å². The SMILES string of the molecule is C=C(CCOC)N(C)CCOC. The third-order valence-corrected chi connectivity index (χ3v) is 1.77. The minimum absolute atomic E-state index is 0.732. The van der Waals surface area contributed by atoms with Gasteiger partial charge in [0.2, 0.25) is 0 Å². The molecule has 0 heterocycles. The number of nitrogens with zero attached hydrogens (tertiary/aromatic N) is 1. The van der Waals surface area contributed by atoms with E-state index in [0.717, 1.165) is 31.9 Å². The summed E-state index contributed by atoms with van der Waals surface area (Å²) in [6.45, 7) is 6.29. The normalized spacial score (nSPS) is 9.92. The van der Waals surface area contributed by atoms with E-state index < -0.39 is 0 Å². The second-order valence-corrected chi connectivity index (χ2v) is 2.72. The minimum atomic E-state index is 0.732. The number of hydrogen-bond donors (Lipinski definition) is 0. The van der Waals surface area contributed by atoms with Gasteiger partial charge in [-0.3, -0.25) is 0 Å². The monoisotopic (exact) mass is 173 g/mol. The highest BCUT2D eigenvalue weighted by molar-refractivity contribution is 4.91. The maximum atomic E-state index is 4.95. The topological polar surface area (TPSA) is 21.7 Å². The number of likely N-dealkylation sites (N-methyl/N-ethyl adjacent to an activating group) is 1. The highest BCUT2D eigenvalue weighted by Gasteiger charge is 2.00. The average Bonchev–Trinajstić information content (AvgIpc) is 2.10. The molecule has 0 amide bonds. The largest absolute Gasteiger partial charge is 0.384 e. The van der Waals surface area contributed by atoms with Crippen molar-refractivity contribution in [3.05, 3.63) is 12.3 Å². The summed E-state index contributed by atoms with van der Waals surface area (Å²) >= 11 is 0. The van der Waals surface area contributed by atoms with Crippen LogP contribution >= 0.6 is 0 Å². The summed E-state index contributed by atoms with van der Waals surface area (Å²) in [4.78, 5) is 2.09. The number of rotatable bonds is 7. The first-order chi connectivity index (χ1) is 5.72. The number of ether oxygens (including phenoxy) is 2. The van der Waals surface area contributed by atoms with Gasteiger partial charge in [-0.2, -0.15) is 0 Å². The van der Waals surface area contributed by atoms with Gasteiger partial charge in [-0.05, 0) is 0 Å². The van der Waals surface area contributed by atoms with Gasteiger partial charge in [0.05, 0.1) is 13.2 Å². The molecule has 0 aromatic heterocycles. The zero-order valence-corrected chi connectivity index (χ0v) is 8.30. The fourth-order valence-corrected chi connectivity index (χ4v) is 0.797. The van der Waals surface area contributed by atoms with Crippen molar-refractivity contribution in [1.29, 1.82) is 0 Å². The average molecular weight is 173 g/mol. The summed E-state index contributed by atoms with van der Waals surface area (Å²) in [7, 11) is 5.41. The molecular weight excluding hydrogens is 154 g/mol. The molecule has 0 unspecified atom stereocenters. The highest BCUT2D eigenvalue weighted by Crippen LogP contribution is 2.02. The fourth-order valence-electron chi connectivity index (χ4n) is 0.797. The van der Waals surface area contributed by atoms with Crippen molar-refractivity contribution in [1.82, 2.24) is 4.90 Å². The number of hydrogen-bond acceptors (Lipinski definition) is 3. The Labute approximate surface area is 75.0 Å². The van der Waals surface area contributed by atoms with E-state index in [1.54, 1.807) is 14.2 Å². The fraction of sp³-hybridized carbons (Fsp3) is 0.778. The van der Waals surface area contributed by atoms with Crippen LogP contribution in [0.25, 0.3) is 0 Å². The summed E-state index contributed by atoms with van der Waals surface area (Å²) in [5, 5.41) is 0. The lowest BCUT2D eigenvalue weighted by Crippen LogP contribution is -2.22. The lowest BCUT2D eigenvalue weighted by atomic mass is 10.3.